The van der Waals surface area contributed by atoms with Gasteiger partial charge in [-0.3, -0.25) is 14.9 Å². The fourth-order valence-corrected chi connectivity index (χ4v) is 1.91. The van der Waals surface area contributed by atoms with Crippen molar-refractivity contribution in [2.24, 2.45) is 5.41 Å². The van der Waals surface area contributed by atoms with E-state index in [-0.39, 0.29) is 17.0 Å². The highest BCUT2D eigenvalue weighted by atomic mass is 16.6. The SMILES string of the molecule is Cc1cc([N+](=O)[O-])cc(C)c1NC(=O)CC(C)(C)C. The van der Waals surface area contributed by atoms with Crippen LogP contribution in [-0.4, -0.2) is 10.8 Å². The van der Waals surface area contributed by atoms with Crippen LogP contribution in [0.4, 0.5) is 11.4 Å². The maximum atomic E-state index is 11.9. The minimum atomic E-state index is -0.430. The van der Waals surface area contributed by atoms with Crippen molar-refractivity contribution in [3.8, 4) is 0 Å². The molecule has 0 spiro atoms. The van der Waals surface area contributed by atoms with Crippen LogP contribution in [-0.2, 0) is 4.79 Å². The van der Waals surface area contributed by atoms with Gasteiger partial charge in [-0.05, 0) is 30.4 Å². The van der Waals surface area contributed by atoms with Crippen LogP contribution < -0.4 is 5.32 Å². The molecule has 19 heavy (non-hydrogen) atoms. The number of rotatable bonds is 3. The van der Waals surface area contributed by atoms with Gasteiger partial charge in [-0.2, -0.15) is 0 Å². The van der Waals surface area contributed by atoms with Crippen LogP contribution in [0.25, 0.3) is 0 Å². The van der Waals surface area contributed by atoms with E-state index in [4.69, 9.17) is 0 Å². The molecule has 1 aromatic carbocycles. The number of nitrogens with zero attached hydrogens (tertiary/aromatic N) is 1. The summed E-state index contributed by atoms with van der Waals surface area (Å²) in [7, 11) is 0. The molecule has 0 saturated heterocycles. The molecule has 0 aromatic heterocycles. The predicted molar refractivity (Wildman–Crippen MR) is 75.3 cm³/mol. The summed E-state index contributed by atoms with van der Waals surface area (Å²) in [4.78, 5) is 22.2. The lowest BCUT2D eigenvalue weighted by Gasteiger charge is -2.18. The number of amides is 1. The maximum absolute atomic E-state index is 11.9. The van der Waals surface area contributed by atoms with Gasteiger partial charge < -0.3 is 5.32 Å². The van der Waals surface area contributed by atoms with Gasteiger partial charge in [0.15, 0.2) is 0 Å². The van der Waals surface area contributed by atoms with Gasteiger partial charge in [0.1, 0.15) is 0 Å². The highest BCUT2D eigenvalue weighted by Crippen LogP contribution is 2.27. The van der Waals surface area contributed by atoms with Gasteiger partial charge in [0.2, 0.25) is 5.91 Å². The van der Waals surface area contributed by atoms with Crippen molar-refractivity contribution in [2.45, 2.75) is 41.0 Å². The van der Waals surface area contributed by atoms with E-state index in [0.717, 1.165) is 0 Å². The highest BCUT2D eigenvalue weighted by Gasteiger charge is 2.18. The molecule has 1 N–H and O–H groups in total. The molecule has 5 heteroatoms. The number of nitrogens with one attached hydrogen (secondary N) is 1. The monoisotopic (exact) mass is 264 g/mol. The number of carbonyl (C=O) groups is 1. The Morgan fingerprint density at radius 2 is 1.74 bits per heavy atom. The largest absolute Gasteiger partial charge is 0.326 e. The number of non-ortho nitro benzene ring substituents is 1. The summed E-state index contributed by atoms with van der Waals surface area (Å²) in [5.41, 5.74) is 2.03. The topological polar surface area (TPSA) is 72.2 Å². The molecule has 0 atom stereocenters. The van der Waals surface area contributed by atoms with Crippen LogP contribution in [0, 0.1) is 29.4 Å². The van der Waals surface area contributed by atoms with E-state index < -0.39 is 4.92 Å². The van der Waals surface area contributed by atoms with Crippen molar-refractivity contribution in [2.75, 3.05) is 5.32 Å². The summed E-state index contributed by atoms with van der Waals surface area (Å²) < 4.78 is 0. The smallest absolute Gasteiger partial charge is 0.270 e. The first-order valence-electron chi connectivity index (χ1n) is 6.15. The van der Waals surface area contributed by atoms with Crippen LogP contribution in [0.3, 0.4) is 0 Å². The molecule has 1 amide bonds. The highest BCUT2D eigenvalue weighted by molar-refractivity contribution is 5.92. The molecule has 0 saturated carbocycles. The Hall–Kier alpha value is -1.91. The normalized spacial score (nSPS) is 11.2. The molecule has 0 radical (unpaired) electrons. The summed E-state index contributed by atoms with van der Waals surface area (Å²) in [6, 6.07) is 2.94. The van der Waals surface area contributed by atoms with E-state index in [9.17, 15) is 14.9 Å². The van der Waals surface area contributed by atoms with E-state index in [0.29, 0.717) is 23.2 Å². The molecule has 1 aromatic rings. The Labute approximate surface area is 113 Å². The second-order valence-electron chi connectivity index (χ2n) is 6.00. The van der Waals surface area contributed by atoms with Crippen molar-refractivity contribution >= 4 is 17.3 Å². The summed E-state index contributed by atoms with van der Waals surface area (Å²) in [6.07, 6.45) is 0.406. The molecule has 0 aliphatic rings. The molecule has 0 aliphatic heterocycles. The van der Waals surface area contributed by atoms with Gasteiger partial charge in [-0.15, -0.1) is 0 Å². The lowest BCUT2D eigenvalue weighted by Crippen LogP contribution is -2.20. The second-order valence-corrected chi connectivity index (χ2v) is 6.00. The molecule has 5 nitrogen and oxygen atoms in total. The molecule has 0 unspecified atom stereocenters. The Kier molecular flexibility index (Phi) is 4.29. The minimum Gasteiger partial charge on any atom is -0.326 e. The quantitative estimate of drug-likeness (QED) is 0.669. The number of carbonyl (C=O) groups excluding carboxylic acids is 1. The van der Waals surface area contributed by atoms with Crippen molar-refractivity contribution in [3.63, 3.8) is 0 Å². The number of benzene rings is 1. The van der Waals surface area contributed by atoms with Gasteiger partial charge in [-0.1, -0.05) is 20.8 Å². The summed E-state index contributed by atoms with van der Waals surface area (Å²) in [5.74, 6) is -0.0763. The van der Waals surface area contributed by atoms with Crippen molar-refractivity contribution in [1.82, 2.24) is 0 Å². The summed E-state index contributed by atoms with van der Waals surface area (Å²) in [5, 5.41) is 13.6. The minimum absolute atomic E-state index is 0.0452. The lowest BCUT2D eigenvalue weighted by atomic mass is 9.92. The van der Waals surface area contributed by atoms with Crippen molar-refractivity contribution in [3.05, 3.63) is 33.4 Å². The first-order valence-corrected chi connectivity index (χ1v) is 6.15. The number of anilines is 1. The third-order valence-corrected chi connectivity index (χ3v) is 2.68. The second kappa shape index (κ2) is 5.38. The van der Waals surface area contributed by atoms with Crippen LogP contribution >= 0.6 is 0 Å². The Morgan fingerprint density at radius 3 is 2.11 bits per heavy atom. The molecule has 0 bridgehead atoms. The van der Waals surface area contributed by atoms with Gasteiger partial charge in [-0.25, -0.2) is 0 Å². The average molecular weight is 264 g/mol. The molecule has 1 rings (SSSR count). The Balaban J connectivity index is 2.97. The third-order valence-electron chi connectivity index (χ3n) is 2.68. The van der Waals surface area contributed by atoms with E-state index in [1.54, 1.807) is 13.8 Å². The fraction of sp³-hybridized carbons (Fsp3) is 0.500. The van der Waals surface area contributed by atoms with E-state index in [1.807, 2.05) is 20.8 Å². The number of hydrogen-bond donors (Lipinski definition) is 1. The first-order chi connectivity index (χ1) is 8.60. The molecule has 0 heterocycles. The maximum Gasteiger partial charge on any atom is 0.270 e. The zero-order chi connectivity index (χ0) is 14.8. The Bertz CT molecular complexity index is 493. The number of hydrogen-bond acceptors (Lipinski definition) is 3. The van der Waals surface area contributed by atoms with Crippen LogP contribution in [0.1, 0.15) is 38.3 Å². The van der Waals surface area contributed by atoms with E-state index in [1.165, 1.54) is 12.1 Å². The van der Waals surface area contributed by atoms with Crippen LogP contribution in [0.15, 0.2) is 12.1 Å². The molecule has 0 fully saturated rings. The van der Waals surface area contributed by atoms with Gasteiger partial charge >= 0.3 is 0 Å². The summed E-state index contributed by atoms with van der Waals surface area (Å²) >= 11 is 0. The first kappa shape index (κ1) is 15.1. The fourth-order valence-electron chi connectivity index (χ4n) is 1.91. The van der Waals surface area contributed by atoms with Crippen molar-refractivity contribution in [1.29, 1.82) is 0 Å². The van der Waals surface area contributed by atoms with Crippen molar-refractivity contribution < 1.29 is 9.72 Å². The van der Waals surface area contributed by atoms with Crippen LogP contribution in [0.2, 0.25) is 0 Å². The predicted octanol–water partition coefficient (Wildman–Crippen LogP) is 3.59. The van der Waals surface area contributed by atoms with Gasteiger partial charge in [0.05, 0.1) is 4.92 Å². The van der Waals surface area contributed by atoms with Crippen LogP contribution in [0.5, 0.6) is 0 Å². The average Bonchev–Trinajstić information content (AvgIpc) is 2.20. The zero-order valence-electron chi connectivity index (χ0n) is 12.0. The standard InChI is InChI=1S/C14H20N2O3/c1-9-6-11(16(18)19)7-10(2)13(9)15-12(17)8-14(3,4)5/h6-7H,8H2,1-5H3,(H,15,17). The van der Waals surface area contributed by atoms with Gasteiger partial charge in [0.25, 0.3) is 5.69 Å². The molecular weight excluding hydrogens is 244 g/mol. The molecular formula is C14H20N2O3. The van der Waals surface area contributed by atoms with E-state index >= 15 is 0 Å². The number of nitro groups is 1. The summed E-state index contributed by atoms with van der Waals surface area (Å²) in [6.45, 7) is 9.48. The lowest BCUT2D eigenvalue weighted by molar-refractivity contribution is -0.384. The third kappa shape index (κ3) is 4.35. The molecule has 0 aliphatic carbocycles. The van der Waals surface area contributed by atoms with E-state index in [2.05, 4.69) is 5.32 Å². The zero-order valence-corrected chi connectivity index (χ0v) is 12.0. The van der Waals surface area contributed by atoms with Gasteiger partial charge in [0, 0.05) is 24.2 Å². The Morgan fingerprint density at radius 1 is 1.26 bits per heavy atom. The number of nitro benzene ring substituents is 1. The molecule has 104 valence electrons. The number of aryl methyl sites for hydroxylation is 2.